The SMILES string of the molecule is CCN.Nc1ncc(B(O)O)cn1. The third kappa shape index (κ3) is 5.13. The fraction of sp³-hybridized carbons (Fsp3) is 0.333. The molecule has 0 aliphatic carbocycles. The second kappa shape index (κ2) is 6.35. The molecule has 6 nitrogen and oxygen atoms in total. The lowest BCUT2D eigenvalue weighted by Gasteiger charge is -1.95. The van der Waals surface area contributed by atoms with Crippen LogP contribution in [0, 0.1) is 0 Å². The molecule has 0 bridgehead atoms. The lowest BCUT2D eigenvalue weighted by atomic mass is 9.83. The maximum absolute atomic E-state index is 8.55. The first-order chi connectivity index (χ1) is 6.11. The van der Waals surface area contributed by atoms with Crippen molar-refractivity contribution in [2.45, 2.75) is 6.92 Å². The van der Waals surface area contributed by atoms with Gasteiger partial charge in [0.25, 0.3) is 0 Å². The highest BCUT2D eigenvalue weighted by Crippen LogP contribution is 1.83. The van der Waals surface area contributed by atoms with Gasteiger partial charge in [-0.1, -0.05) is 6.92 Å². The number of hydrogen-bond donors (Lipinski definition) is 4. The number of aromatic nitrogens is 2. The van der Waals surface area contributed by atoms with Crippen LogP contribution >= 0.6 is 0 Å². The second-order valence-corrected chi connectivity index (χ2v) is 2.16. The third-order valence-corrected chi connectivity index (χ3v) is 0.990. The molecule has 13 heavy (non-hydrogen) atoms. The van der Waals surface area contributed by atoms with Crippen LogP contribution in [0.2, 0.25) is 0 Å². The van der Waals surface area contributed by atoms with Crippen LogP contribution in [-0.2, 0) is 0 Å². The predicted molar refractivity (Wildman–Crippen MR) is 51.0 cm³/mol. The number of hydrogen-bond acceptors (Lipinski definition) is 6. The van der Waals surface area contributed by atoms with Crippen molar-refractivity contribution in [1.29, 1.82) is 0 Å². The van der Waals surface area contributed by atoms with E-state index < -0.39 is 7.12 Å². The van der Waals surface area contributed by atoms with Crippen molar-refractivity contribution in [3.63, 3.8) is 0 Å². The minimum Gasteiger partial charge on any atom is -0.423 e. The quantitative estimate of drug-likeness (QED) is 0.364. The number of anilines is 1. The van der Waals surface area contributed by atoms with Crippen LogP contribution in [0.3, 0.4) is 0 Å². The van der Waals surface area contributed by atoms with Crippen molar-refractivity contribution in [3.05, 3.63) is 12.4 Å². The second-order valence-electron chi connectivity index (χ2n) is 2.16. The molecule has 0 radical (unpaired) electrons. The molecule has 1 heterocycles. The highest BCUT2D eigenvalue weighted by molar-refractivity contribution is 6.58. The maximum atomic E-state index is 8.55. The van der Waals surface area contributed by atoms with E-state index in [0.717, 1.165) is 6.54 Å². The largest absolute Gasteiger partial charge is 0.491 e. The molecule has 0 saturated carbocycles. The average Bonchev–Trinajstić information content (AvgIpc) is 2.06. The standard InChI is InChI=1S/C4H6BN3O2.C2H7N/c6-4-7-1-3(2-8-4)5(9)10;1-2-3/h1-2,9-10H,(H2,6,7,8);2-3H2,1H3. The van der Waals surface area contributed by atoms with Gasteiger partial charge >= 0.3 is 7.12 Å². The molecule has 0 saturated heterocycles. The van der Waals surface area contributed by atoms with Gasteiger partial charge in [0.15, 0.2) is 0 Å². The molecule has 1 aromatic heterocycles. The molecule has 0 unspecified atom stereocenters. The van der Waals surface area contributed by atoms with E-state index in [1.807, 2.05) is 6.92 Å². The van der Waals surface area contributed by atoms with Gasteiger partial charge in [-0.25, -0.2) is 9.97 Å². The summed E-state index contributed by atoms with van der Waals surface area (Å²) in [6.07, 6.45) is 2.51. The summed E-state index contributed by atoms with van der Waals surface area (Å²) in [5.41, 5.74) is 10.2. The van der Waals surface area contributed by atoms with E-state index in [1.165, 1.54) is 12.4 Å². The van der Waals surface area contributed by atoms with E-state index in [2.05, 4.69) is 9.97 Å². The minimum atomic E-state index is -1.53. The molecule has 0 aliphatic heterocycles. The van der Waals surface area contributed by atoms with Crippen LogP contribution < -0.4 is 16.9 Å². The van der Waals surface area contributed by atoms with Crippen LogP contribution in [0.5, 0.6) is 0 Å². The molecule has 7 heteroatoms. The first kappa shape index (κ1) is 11.8. The van der Waals surface area contributed by atoms with Gasteiger partial charge in [0, 0.05) is 17.9 Å². The Morgan fingerprint density at radius 1 is 1.38 bits per heavy atom. The van der Waals surface area contributed by atoms with Gasteiger partial charge in [-0.05, 0) is 6.54 Å². The summed E-state index contributed by atoms with van der Waals surface area (Å²) in [4.78, 5) is 7.09. The molecular formula is C6H13BN4O2. The van der Waals surface area contributed by atoms with Crippen LogP contribution in [0.1, 0.15) is 6.92 Å². The van der Waals surface area contributed by atoms with Crippen molar-refractivity contribution in [1.82, 2.24) is 9.97 Å². The Morgan fingerprint density at radius 3 is 2.08 bits per heavy atom. The van der Waals surface area contributed by atoms with Gasteiger partial charge < -0.3 is 21.5 Å². The van der Waals surface area contributed by atoms with E-state index >= 15 is 0 Å². The van der Waals surface area contributed by atoms with Crippen molar-refractivity contribution in [3.8, 4) is 0 Å². The fourth-order valence-electron chi connectivity index (χ4n) is 0.481. The summed E-state index contributed by atoms with van der Waals surface area (Å²) < 4.78 is 0. The predicted octanol–water partition coefficient (Wildman–Crippen LogP) is -2.30. The highest BCUT2D eigenvalue weighted by Gasteiger charge is 2.10. The summed E-state index contributed by atoms with van der Waals surface area (Å²) in [7, 11) is -1.53. The van der Waals surface area contributed by atoms with E-state index in [1.54, 1.807) is 0 Å². The molecular weight excluding hydrogens is 171 g/mol. The number of nitrogens with two attached hydrogens (primary N) is 2. The van der Waals surface area contributed by atoms with Crippen LogP contribution in [0.15, 0.2) is 12.4 Å². The Kier molecular flexibility index (Phi) is 5.78. The Morgan fingerprint density at radius 2 is 1.77 bits per heavy atom. The van der Waals surface area contributed by atoms with Gasteiger partial charge in [-0.15, -0.1) is 0 Å². The van der Waals surface area contributed by atoms with E-state index in [9.17, 15) is 0 Å². The fourth-order valence-corrected chi connectivity index (χ4v) is 0.481. The molecule has 6 N–H and O–H groups in total. The summed E-state index contributed by atoms with van der Waals surface area (Å²) in [6, 6.07) is 0. The molecule has 0 aromatic carbocycles. The topological polar surface area (TPSA) is 118 Å². The molecule has 0 spiro atoms. The molecule has 1 rings (SSSR count). The zero-order valence-electron chi connectivity index (χ0n) is 7.38. The number of nitrogens with zero attached hydrogens (tertiary/aromatic N) is 2. The van der Waals surface area contributed by atoms with Gasteiger partial charge in [0.1, 0.15) is 0 Å². The summed E-state index contributed by atoms with van der Waals surface area (Å²) >= 11 is 0. The number of nitrogen functional groups attached to an aromatic ring is 1. The van der Waals surface area contributed by atoms with Crippen LogP contribution in [-0.4, -0.2) is 33.7 Å². The zero-order chi connectivity index (χ0) is 10.3. The lowest BCUT2D eigenvalue weighted by Crippen LogP contribution is -2.30. The van der Waals surface area contributed by atoms with Crippen LogP contribution in [0.25, 0.3) is 0 Å². The van der Waals surface area contributed by atoms with Crippen LogP contribution in [0.4, 0.5) is 5.95 Å². The Labute approximate surface area is 76.8 Å². The third-order valence-electron chi connectivity index (χ3n) is 0.990. The monoisotopic (exact) mass is 184 g/mol. The van der Waals surface area contributed by atoms with Crippen molar-refractivity contribution in [2.75, 3.05) is 12.3 Å². The highest BCUT2D eigenvalue weighted by atomic mass is 16.4. The molecule has 0 fully saturated rings. The average molecular weight is 184 g/mol. The summed E-state index contributed by atoms with van der Waals surface area (Å²) in [5.74, 6) is 0.115. The van der Waals surface area contributed by atoms with Gasteiger partial charge in [-0.2, -0.15) is 0 Å². The van der Waals surface area contributed by atoms with Crippen molar-refractivity contribution >= 4 is 18.5 Å². The van der Waals surface area contributed by atoms with E-state index in [0.29, 0.717) is 0 Å². The van der Waals surface area contributed by atoms with Crippen molar-refractivity contribution < 1.29 is 10.0 Å². The Hall–Kier alpha value is -1.18. The van der Waals surface area contributed by atoms with Gasteiger partial charge in [-0.3, -0.25) is 0 Å². The Balaban J connectivity index is 0.000000424. The normalized spacial score (nSPS) is 8.62. The van der Waals surface area contributed by atoms with Gasteiger partial charge in [0.2, 0.25) is 5.95 Å². The van der Waals surface area contributed by atoms with E-state index in [-0.39, 0.29) is 11.4 Å². The van der Waals surface area contributed by atoms with E-state index in [4.69, 9.17) is 21.5 Å². The molecule has 1 aromatic rings. The van der Waals surface area contributed by atoms with Crippen molar-refractivity contribution in [2.24, 2.45) is 5.73 Å². The lowest BCUT2D eigenvalue weighted by molar-refractivity contribution is 0.425. The molecule has 72 valence electrons. The molecule has 0 amide bonds. The van der Waals surface area contributed by atoms with Gasteiger partial charge in [0.05, 0.1) is 0 Å². The first-order valence-electron chi connectivity index (χ1n) is 3.75. The minimum absolute atomic E-state index is 0.115. The summed E-state index contributed by atoms with van der Waals surface area (Å²) in [5, 5.41) is 17.1. The zero-order valence-corrected chi connectivity index (χ0v) is 7.38. The first-order valence-corrected chi connectivity index (χ1v) is 3.75. The molecule has 0 aliphatic rings. The molecule has 0 atom stereocenters. The smallest absolute Gasteiger partial charge is 0.423 e. The number of rotatable bonds is 1. The summed E-state index contributed by atoms with van der Waals surface area (Å²) in [6.45, 7) is 2.65. The Bertz CT molecular complexity index is 229. The maximum Gasteiger partial charge on any atom is 0.491 e.